The predicted molar refractivity (Wildman–Crippen MR) is 90.2 cm³/mol. The van der Waals surface area contributed by atoms with Crippen molar-refractivity contribution >= 4 is 17.5 Å². The molecule has 0 aromatic heterocycles. The number of carbonyl (C=O) groups excluding carboxylic acids is 2. The summed E-state index contributed by atoms with van der Waals surface area (Å²) in [5, 5.41) is 0. The molecule has 2 fully saturated rings. The normalized spacial score (nSPS) is 22.4. The van der Waals surface area contributed by atoms with Crippen LogP contribution < -0.4 is 4.90 Å². The number of carbonyl (C=O) groups is 2. The van der Waals surface area contributed by atoms with Crippen molar-refractivity contribution in [2.45, 2.75) is 19.8 Å². The summed E-state index contributed by atoms with van der Waals surface area (Å²) in [6.07, 6.45) is 1.35. The van der Waals surface area contributed by atoms with Gasteiger partial charge >= 0.3 is 0 Å². The molecule has 3 rings (SSSR count). The smallest absolute Gasteiger partial charge is 0.228 e. The van der Waals surface area contributed by atoms with Crippen molar-refractivity contribution in [3.05, 3.63) is 30.3 Å². The van der Waals surface area contributed by atoms with Crippen molar-refractivity contribution in [3.63, 3.8) is 0 Å². The van der Waals surface area contributed by atoms with Crippen molar-refractivity contribution in [3.8, 4) is 0 Å². The quantitative estimate of drug-likeness (QED) is 0.851. The average molecular weight is 315 g/mol. The van der Waals surface area contributed by atoms with Gasteiger partial charge in [-0.05, 0) is 25.5 Å². The van der Waals surface area contributed by atoms with Gasteiger partial charge in [0.25, 0.3) is 0 Å². The second-order valence-corrected chi connectivity index (χ2v) is 6.33. The van der Waals surface area contributed by atoms with Crippen LogP contribution >= 0.6 is 0 Å². The first-order chi connectivity index (χ1) is 11.2. The molecule has 0 saturated carbocycles. The number of para-hydroxylation sites is 1. The van der Waals surface area contributed by atoms with E-state index in [4.69, 9.17) is 0 Å². The molecule has 1 unspecified atom stereocenters. The van der Waals surface area contributed by atoms with E-state index >= 15 is 0 Å². The summed E-state index contributed by atoms with van der Waals surface area (Å²) < 4.78 is 0. The molecule has 0 spiro atoms. The van der Waals surface area contributed by atoms with Gasteiger partial charge in [-0.15, -0.1) is 0 Å². The number of hydrogen-bond acceptors (Lipinski definition) is 3. The summed E-state index contributed by atoms with van der Waals surface area (Å²) >= 11 is 0. The van der Waals surface area contributed by atoms with E-state index in [-0.39, 0.29) is 17.7 Å². The Kier molecular flexibility index (Phi) is 4.84. The van der Waals surface area contributed by atoms with E-state index in [1.807, 2.05) is 30.0 Å². The Morgan fingerprint density at radius 1 is 1.13 bits per heavy atom. The zero-order chi connectivity index (χ0) is 16.2. The highest BCUT2D eigenvalue weighted by atomic mass is 16.2. The highest BCUT2D eigenvalue weighted by Gasteiger charge is 2.36. The van der Waals surface area contributed by atoms with E-state index in [9.17, 15) is 9.59 Å². The van der Waals surface area contributed by atoms with Gasteiger partial charge in [-0.25, -0.2) is 0 Å². The Morgan fingerprint density at radius 2 is 1.91 bits per heavy atom. The predicted octanol–water partition coefficient (Wildman–Crippen LogP) is 1.59. The topological polar surface area (TPSA) is 43.9 Å². The van der Waals surface area contributed by atoms with Gasteiger partial charge in [-0.1, -0.05) is 18.2 Å². The van der Waals surface area contributed by atoms with Gasteiger partial charge in [0.15, 0.2) is 0 Å². The molecule has 23 heavy (non-hydrogen) atoms. The van der Waals surface area contributed by atoms with E-state index in [1.165, 1.54) is 5.69 Å². The number of amides is 2. The summed E-state index contributed by atoms with van der Waals surface area (Å²) in [6.45, 7) is 6.61. The molecule has 124 valence electrons. The SMILES string of the molecule is CCN1CC(C(=O)N2CCCN(c3ccccc3)CC2)CC1=O. The summed E-state index contributed by atoms with van der Waals surface area (Å²) in [5.74, 6) is 0.126. The molecule has 2 saturated heterocycles. The zero-order valence-corrected chi connectivity index (χ0v) is 13.8. The molecule has 5 nitrogen and oxygen atoms in total. The van der Waals surface area contributed by atoms with Crippen LogP contribution in [0.3, 0.4) is 0 Å². The van der Waals surface area contributed by atoms with Crippen molar-refractivity contribution in [1.29, 1.82) is 0 Å². The molecule has 2 heterocycles. The molecular formula is C18H25N3O2. The first-order valence-electron chi connectivity index (χ1n) is 8.55. The van der Waals surface area contributed by atoms with Crippen LogP contribution in [0, 0.1) is 5.92 Å². The second kappa shape index (κ2) is 7.02. The van der Waals surface area contributed by atoms with E-state index in [1.54, 1.807) is 4.90 Å². The Balaban J connectivity index is 1.60. The van der Waals surface area contributed by atoms with Gasteiger partial charge in [0.05, 0.1) is 5.92 Å². The fourth-order valence-corrected chi connectivity index (χ4v) is 3.54. The molecule has 2 amide bonds. The Labute approximate surface area is 137 Å². The minimum absolute atomic E-state index is 0.117. The molecule has 0 N–H and O–H groups in total. The van der Waals surface area contributed by atoms with E-state index in [2.05, 4.69) is 17.0 Å². The van der Waals surface area contributed by atoms with Crippen LogP contribution in [0.2, 0.25) is 0 Å². The van der Waals surface area contributed by atoms with Crippen molar-refractivity contribution in [2.24, 2.45) is 5.92 Å². The molecule has 0 radical (unpaired) electrons. The van der Waals surface area contributed by atoms with Crippen LogP contribution in [0.5, 0.6) is 0 Å². The first-order valence-corrected chi connectivity index (χ1v) is 8.55. The first kappa shape index (κ1) is 15.8. The van der Waals surface area contributed by atoms with Crippen LogP contribution in [0.15, 0.2) is 30.3 Å². The Bertz CT molecular complexity index is 561. The van der Waals surface area contributed by atoms with Gasteiger partial charge < -0.3 is 14.7 Å². The van der Waals surface area contributed by atoms with Crippen LogP contribution in [-0.2, 0) is 9.59 Å². The van der Waals surface area contributed by atoms with Crippen LogP contribution in [0.4, 0.5) is 5.69 Å². The molecule has 5 heteroatoms. The molecule has 1 aromatic rings. The van der Waals surface area contributed by atoms with Crippen molar-refractivity contribution in [2.75, 3.05) is 44.2 Å². The molecule has 2 aliphatic rings. The average Bonchev–Trinajstić information content (AvgIpc) is 2.81. The maximum absolute atomic E-state index is 12.7. The maximum Gasteiger partial charge on any atom is 0.228 e. The van der Waals surface area contributed by atoms with Gasteiger partial charge in [0, 0.05) is 51.4 Å². The van der Waals surface area contributed by atoms with Gasteiger partial charge in [0.2, 0.25) is 11.8 Å². The Hall–Kier alpha value is -2.04. The lowest BCUT2D eigenvalue weighted by molar-refractivity contribution is -0.135. The number of likely N-dealkylation sites (tertiary alicyclic amines) is 1. The van der Waals surface area contributed by atoms with Gasteiger partial charge in [-0.2, -0.15) is 0 Å². The molecule has 1 aromatic carbocycles. The third-order valence-corrected chi connectivity index (χ3v) is 4.87. The minimum Gasteiger partial charge on any atom is -0.370 e. The number of nitrogens with zero attached hydrogens (tertiary/aromatic N) is 3. The number of hydrogen-bond donors (Lipinski definition) is 0. The van der Waals surface area contributed by atoms with E-state index in [0.717, 1.165) is 32.6 Å². The van der Waals surface area contributed by atoms with Crippen molar-refractivity contribution in [1.82, 2.24) is 9.80 Å². The fourth-order valence-electron chi connectivity index (χ4n) is 3.54. The fraction of sp³-hybridized carbons (Fsp3) is 0.556. The number of anilines is 1. The summed E-state index contributed by atoms with van der Waals surface area (Å²) in [5.41, 5.74) is 1.22. The molecule has 2 aliphatic heterocycles. The highest BCUT2D eigenvalue weighted by molar-refractivity contribution is 5.89. The van der Waals surface area contributed by atoms with Crippen LogP contribution in [0.1, 0.15) is 19.8 Å². The molecule has 0 bridgehead atoms. The maximum atomic E-state index is 12.7. The largest absolute Gasteiger partial charge is 0.370 e. The third kappa shape index (κ3) is 3.49. The number of benzene rings is 1. The van der Waals surface area contributed by atoms with E-state index < -0.39 is 0 Å². The van der Waals surface area contributed by atoms with Crippen LogP contribution in [-0.4, -0.2) is 60.9 Å². The summed E-state index contributed by atoms with van der Waals surface area (Å²) in [7, 11) is 0. The standard InChI is InChI=1S/C18H25N3O2/c1-2-19-14-15(13-17(19)22)18(23)21-10-6-9-20(11-12-21)16-7-4-3-5-8-16/h3-5,7-8,15H,2,6,9-14H2,1H3. The zero-order valence-electron chi connectivity index (χ0n) is 13.8. The Morgan fingerprint density at radius 3 is 2.61 bits per heavy atom. The third-order valence-electron chi connectivity index (χ3n) is 4.87. The lowest BCUT2D eigenvalue weighted by Gasteiger charge is -2.25. The lowest BCUT2D eigenvalue weighted by atomic mass is 10.1. The summed E-state index contributed by atoms with van der Waals surface area (Å²) in [4.78, 5) is 30.7. The van der Waals surface area contributed by atoms with Gasteiger partial charge in [0.1, 0.15) is 0 Å². The molecule has 1 atom stereocenters. The monoisotopic (exact) mass is 315 g/mol. The minimum atomic E-state index is -0.147. The number of rotatable bonds is 3. The van der Waals surface area contributed by atoms with Gasteiger partial charge in [-0.3, -0.25) is 9.59 Å². The summed E-state index contributed by atoms with van der Waals surface area (Å²) in [6, 6.07) is 10.4. The second-order valence-electron chi connectivity index (χ2n) is 6.33. The van der Waals surface area contributed by atoms with E-state index in [0.29, 0.717) is 19.5 Å². The highest BCUT2D eigenvalue weighted by Crippen LogP contribution is 2.22. The lowest BCUT2D eigenvalue weighted by Crippen LogP contribution is -2.40. The molecular weight excluding hydrogens is 290 g/mol. The molecule has 0 aliphatic carbocycles. The van der Waals surface area contributed by atoms with Crippen molar-refractivity contribution < 1.29 is 9.59 Å². The van der Waals surface area contributed by atoms with Crippen LogP contribution in [0.25, 0.3) is 0 Å².